The topological polar surface area (TPSA) is 84.1 Å². The van der Waals surface area contributed by atoms with Crippen molar-refractivity contribution in [3.8, 4) is 11.4 Å². The zero-order valence-electron chi connectivity index (χ0n) is 14.5. The molecule has 0 unspecified atom stereocenters. The lowest BCUT2D eigenvalue weighted by Gasteiger charge is -2.33. The van der Waals surface area contributed by atoms with Crippen molar-refractivity contribution in [3.05, 3.63) is 24.3 Å². The number of hydrogen-bond acceptors (Lipinski definition) is 6. The number of hydrogen-bond donors (Lipinski definition) is 1. The summed E-state index contributed by atoms with van der Waals surface area (Å²) in [5, 5.41) is 21.6. The van der Waals surface area contributed by atoms with Crippen LogP contribution < -0.4 is 0 Å². The molecule has 25 heavy (non-hydrogen) atoms. The highest BCUT2D eigenvalue weighted by atomic mass is 32.2. The molecule has 7 nitrogen and oxygen atoms in total. The normalized spacial score (nSPS) is 20.4. The lowest BCUT2D eigenvalue weighted by molar-refractivity contribution is -0.129. The summed E-state index contributed by atoms with van der Waals surface area (Å²) in [7, 11) is 1.90. The Morgan fingerprint density at radius 1 is 1.28 bits per heavy atom. The SMILES string of the molecule is CC1CCC(N(C)C(=O)CSc2nnnn2-c2ccc(O)cc2)CC1. The number of tetrazole rings is 1. The van der Waals surface area contributed by atoms with Crippen molar-refractivity contribution in [1.82, 2.24) is 25.1 Å². The molecule has 0 saturated heterocycles. The van der Waals surface area contributed by atoms with Gasteiger partial charge in [0.2, 0.25) is 11.1 Å². The third kappa shape index (κ3) is 4.31. The van der Waals surface area contributed by atoms with Crippen molar-refractivity contribution < 1.29 is 9.90 Å². The van der Waals surface area contributed by atoms with E-state index < -0.39 is 0 Å². The van der Waals surface area contributed by atoms with Gasteiger partial charge >= 0.3 is 0 Å². The van der Waals surface area contributed by atoms with Crippen LogP contribution in [0, 0.1) is 5.92 Å². The van der Waals surface area contributed by atoms with Gasteiger partial charge in [-0.2, -0.15) is 4.68 Å². The molecule has 1 saturated carbocycles. The lowest BCUT2D eigenvalue weighted by atomic mass is 9.87. The van der Waals surface area contributed by atoms with E-state index >= 15 is 0 Å². The van der Waals surface area contributed by atoms with Gasteiger partial charge in [0.25, 0.3) is 0 Å². The maximum absolute atomic E-state index is 12.5. The number of benzene rings is 1. The van der Waals surface area contributed by atoms with Crippen LogP contribution in [0.25, 0.3) is 5.69 Å². The maximum atomic E-state index is 12.5. The monoisotopic (exact) mass is 361 g/mol. The van der Waals surface area contributed by atoms with Gasteiger partial charge in [0.15, 0.2) is 0 Å². The molecule has 0 atom stereocenters. The average molecular weight is 361 g/mol. The molecule has 2 aromatic rings. The molecule has 1 N–H and O–H groups in total. The van der Waals surface area contributed by atoms with Gasteiger partial charge in [0.05, 0.1) is 11.4 Å². The second kappa shape index (κ2) is 7.86. The zero-order valence-corrected chi connectivity index (χ0v) is 15.3. The molecule has 1 aromatic carbocycles. The fourth-order valence-corrected chi connectivity index (χ4v) is 3.90. The summed E-state index contributed by atoms with van der Waals surface area (Å²) in [5.41, 5.74) is 0.743. The van der Waals surface area contributed by atoms with Crippen molar-refractivity contribution in [1.29, 1.82) is 0 Å². The molecule has 134 valence electrons. The highest BCUT2D eigenvalue weighted by molar-refractivity contribution is 7.99. The van der Waals surface area contributed by atoms with Crippen LogP contribution in [0.2, 0.25) is 0 Å². The van der Waals surface area contributed by atoms with Gasteiger partial charge in [0.1, 0.15) is 5.75 Å². The van der Waals surface area contributed by atoms with Crippen molar-refractivity contribution in [2.75, 3.05) is 12.8 Å². The quantitative estimate of drug-likeness (QED) is 0.824. The molecule has 0 bridgehead atoms. The molecule has 1 aliphatic carbocycles. The Hall–Kier alpha value is -2.09. The predicted molar refractivity (Wildman–Crippen MR) is 95.7 cm³/mol. The van der Waals surface area contributed by atoms with Gasteiger partial charge in [-0.15, -0.1) is 5.10 Å². The molecule has 8 heteroatoms. The summed E-state index contributed by atoms with van der Waals surface area (Å²) in [6, 6.07) is 6.96. The van der Waals surface area contributed by atoms with Gasteiger partial charge in [-0.1, -0.05) is 18.7 Å². The number of rotatable bonds is 5. The molecule has 1 aliphatic rings. The van der Waals surface area contributed by atoms with Crippen molar-refractivity contribution in [2.24, 2.45) is 5.92 Å². The number of carbonyl (C=O) groups excluding carboxylic acids is 1. The van der Waals surface area contributed by atoms with Gasteiger partial charge in [-0.25, -0.2) is 0 Å². The van der Waals surface area contributed by atoms with E-state index in [1.807, 2.05) is 11.9 Å². The number of phenols is 1. The average Bonchev–Trinajstić information content (AvgIpc) is 3.09. The van der Waals surface area contributed by atoms with Crippen LogP contribution >= 0.6 is 11.8 Å². The molecule has 0 spiro atoms. The Morgan fingerprint density at radius 2 is 1.96 bits per heavy atom. The fourth-order valence-electron chi connectivity index (χ4n) is 3.09. The minimum absolute atomic E-state index is 0.102. The summed E-state index contributed by atoms with van der Waals surface area (Å²) >= 11 is 1.33. The van der Waals surface area contributed by atoms with Gasteiger partial charge < -0.3 is 10.0 Å². The summed E-state index contributed by atoms with van der Waals surface area (Å²) < 4.78 is 1.57. The third-order valence-electron chi connectivity index (χ3n) is 4.79. The molecule has 1 aromatic heterocycles. The van der Waals surface area contributed by atoms with Crippen LogP contribution in [0.3, 0.4) is 0 Å². The molecule has 0 aliphatic heterocycles. The smallest absolute Gasteiger partial charge is 0.233 e. The maximum Gasteiger partial charge on any atom is 0.233 e. The number of carbonyl (C=O) groups is 1. The molecule has 1 heterocycles. The predicted octanol–water partition coefficient (Wildman–Crippen LogP) is 2.50. The summed E-state index contributed by atoms with van der Waals surface area (Å²) in [6.07, 6.45) is 4.54. The molecule has 1 fully saturated rings. The van der Waals surface area contributed by atoms with E-state index in [0.717, 1.165) is 24.4 Å². The van der Waals surface area contributed by atoms with E-state index in [0.29, 0.717) is 17.0 Å². The van der Waals surface area contributed by atoms with Crippen LogP contribution in [0.15, 0.2) is 29.4 Å². The second-order valence-corrected chi connectivity index (χ2v) is 7.54. The number of aromatic nitrogens is 4. The Balaban J connectivity index is 1.59. The first kappa shape index (κ1) is 17.7. The number of amides is 1. The fraction of sp³-hybridized carbons (Fsp3) is 0.529. The van der Waals surface area contributed by atoms with Crippen molar-refractivity contribution in [2.45, 2.75) is 43.8 Å². The lowest BCUT2D eigenvalue weighted by Crippen LogP contribution is -2.40. The van der Waals surface area contributed by atoms with Crippen LogP contribution in [0.4, 0.5) is 0 Å². The second-order valence-electron chi connectivity index (χ2n) is 6.60. The van der Waals surface area contributed by atoms with Crippen molar-refractivity contribution >= 4 is 17.7 Å². The van der Waals surface area contributed by atoms with E-state index in [9.17, 15) is 9.90 Å². The summed E-state index contributed by atoms with van der Waals surface area (Å²) in [5.74, 6) is 1.36. The Kier molecular flexibility index (Phi) is 5.57. The van der Waals surface area contributed by atoms with Crippen LogP contribution in [0.5, 0.6) is 5.75 Å². The first-order valence-corrected chi connectivity index (χ1v) is 9.49. The highest BCUT2D eigenvalue weighted by Gasteiger charge is 2.25. The minimum Gasteiger partial charge on any atom is -0.508 e. The largest absolute Gasteiger partial charge is 0.508 e. The van der Waals surface area contributed by atoms with E-state index in [-0.39, 0.29) is 11.7 Å². The minimum atomic E-state index is 0.102. The Morgan fingerprint density at radius 3 is 2.64 bits per heavy atom. The first-order chi connectivity index (χ1) is 12.0. The summed E-state index contributed by atoms with van der Waals surface area (Å²) in [4.78, 5) is 14.4. The molecule has 0 radical (unpaired) electrons. The zero-order chi connectivity index (χ0) is 17.8. The van der Waals surface area contributed by atoms with Crippen LogP contribution in [-0.4, -0.2) is 55.0 Å². The number of phenolic OH excluding ortho intramolecular Hbond substituents is 1. The third-order valence-corrected chi connectivity index (χ3v) is 5.69. The van der Waals surface area contributed by atoms with Crippen LogP contribution in [-0.2, 0) is 4.79 Å². The number of aromatic hydroxyl groups is 1. The standard InChI is InChI=1S/C17H23N5O2S/c1-12-3-5-13(6-4-12)21(2)16(24)11-25-17-18-19-20-22(17)14-7-9-15(23)10-8-14/h7-10,12-13,23H,3-6,11H2,1-2H3. The molecule has 1 amide bonds. The van der Waals surface area contributed by atoms with E-state index in [2.05, 4.69) is 22.4 Å². The molecular weight excluding hydrogens is 338 g/mol. The highest BCUT2D eigenvalue weighted by Crippen LogP contribution is 2.27. The first-order valence-electron chi connectivity index (χ1n) is 8.51. The van der Waals surface area contributed by atoms with Crippen LogP contribution in [0.1, 0.15) is 32.6 Å². The van der Waals surface area contributed by atoms with E-state index in [4.69, 9.17) is 0 Å². The Bertz CT molecular complexity index is 710. The molecule has 3 rings (SSSR count). The molecular formula is C17H23N5O2S. The Labute approximate surface area is 151 Å². The number of thioether (sulfide) groups is 1. The summed E-state index contributed by atoms with van der Waals surface area (Å²) in [6.45, 7) is 2.27. The van der Waals surface area contributed by atoms with Gasteiger partial charge in [-0.3, -0.25) is 4.79 Å². The van der Waals surface area contributed by atoms with Crippen molar-refractivity contribution in [3.63, 3.8) is 0 Å². The van der Waals surface area contributed by atoms with Gasteiger partial charge in [0, 0.05) is 13.1 Å². The van der Waals surface area contributed by atoms with E-state index in [1.165, 1.54) is 24.6 Å². The van der Waals surface area contributed by atoms with E-state index in [1.54, 1.807) is 28.9 Å². The number of nitrogens with zero attached hydrogens (tertiary/aromatic N) is 5. The van der Waals surface area contributed by atoms with Gasteiger partial charge in [-0.05, 0) is 66.3 Å².